The first-order chi connectivity index (χ1) is 11.6. The van der Waals surface area contributed by atoms with Crippen LogP contribution < -0.4 is 5.43 Å². The number of halogens is 2. The second-order valence-electron chi connectivity index (χ2n) is 5.55. The zero-order valence-electron chi connectivity index (χ0n) is 13.7. The van der Waals surface area contributed by atoms with Crippen LogP contribution in [-0.2, 0) is 13.1 Å². The fraction of sp³-hybridized carbons (Fsp3) is 0.211. The van der Waals surface area contributed by atoms with Crippen LogP contribution in [0.1, 0.15) is 23.7 Å². The van der Waals surface area contributed by atoms with Crippen LogP contribution in [0.25, 0.3) is 10.9 Å². The van der Waals surface area contributed by atoms with Gasteiger partial charge in [0.2, 0.25) is 0 Å². The van der Waals surface area contributed by atoms with Gasteiger partial charge in [-0.2, -0.15) is 5.10 Å². The van der Waals surface area contributed by atoms with Crippen LogP contribution in [0.4, 0.5) is 0 Å². The van der Waals surface area contributed by atoms with Crippen molar-refractivity contribution in [3.05, 3.63) is 69.3 Å². The molecule has 0 spiro atoms. The highest BCUT2D eigenvalue weighted by Gasteiger charge is 2.10. The SMILES string of the molecule is CCn1c(C)c(/C=N/NCc2c(Cl)cccc2Cl)c2ccccc21. The van der Waals surface area contributed by atoms with E-state index < -0.39 is 0 Å². The number of fused-ring (bicyclic) bond motifs is 1. The lowest BCUT2D eigenvalue weighted by Gasteiger charge is -2.06. The minimum atomic E-state index is 0.487. The van der Waals surface area contributed by atoms with Crippen molar-refractivity contribution in [2.24, 2.45) is 5.10 Å². The summed E-state index contributed by atoms with van der Waals surface area (Å²) in [5.41, 5.74) is 7.46. The van der Waals surface area contributed by atoms with E-state index in [9.17, 15) is 0 Å². The highest BCUT2D eigenvalue weighted by atomic mass is 35.5. The Bertz CT molecular complexity index is 877. The Hall–Kier alpha value is -1.97. The Morgan fingerprint density at radius 2 is 1.79 bits per heavy atom. The summed E-state index contributed by atoms with van der Waals surface area (Å²) in [4.78, 5) is 0. The van der Waals surface area contributed by atoms with Gasteiger partial charge in [0.25, 0.3) is 0 Å². The Morgan fingerprint density at radius 3 is 2.50 bits per heavy atom. The second kappa shape index (κ2) is 7.29. The molecule has 0 saturated heterocycles. The first-order valence-corrected chi connectivity index (χ1v) is 8.65. The molecule has 0 unspecified atom stereocenters. The van der Waals surface area contributed by atoms with Gasteiger partial charge in [-0.3, -0.25) is 0 Å². The van der Waals surface area contributed by atoms with E-state index in [1.165, 1.54) is 16.6 Å². The van der Waals surface area contributed by atoms with Crippen LogP contribution in [-0.4, -0.2) is 10.8 Å². The molecule has 1 N–H and O–H groups in total. The Balaban J connectivity index is 1.83. The molecule has 0 aliphatic heterocycles. The van der Waals surface area contributed by atoms with Gasteiger partial charge in [0.15, 0.2) is 0 Å². The maximum absolute atomic E-state index is 6.17. The molecule has 0 bridgehead atoms. The molecular formula is C19H19Cl2N3. The van der Waals surface area contributed by atoms with Crippen molar-refractivity contribution < 1.29 is 0 Å². The Labute approximate surface area is 151 Å². The molecule has 3 nitrogen and oxygen atoms in total. The normalized spacial score (nSPS) is 11.5. The number of hydrazone groups is 1. The number of rotatable bonds is 5. The molecular weight excluding hydrogens is 341 g/mol. The summed E-state index contributed by atoms with van der Waals surface area (Å²) in [6.07, 6.45) is 1.87. The van der Waals surface area contributed by atoms with Crippen LogP contribution in [0.2, 0.25) is 10.0 Å². The average molecular weight is 360 g/mol. The zero-order chi connectivity index (χ0) is 17.1. The predicted molar refractivity (Wildman–Crippen MR) is 103 cm³/mol. The molecule has 0 fully saturated rings. The molecule has 0 atom stereocenters. The standard InChI is InChI=1S/C19H19Cl2N3/c1-3-24-13(2)15(14-7-4-5-10-19(14)24)11-22-23-12-16-17(20)8-6-9-18(16)21/h4-11,23H,3,12H2,1-2H3/b22-11+. The zero-order valence-corrected chi connectivity index (χ0v) is 15.2. The molecule has 124 valence electrons. The van der Waals surface area contributed by atoms with E-state index in [4.69, 9.17) is 23.2 Å². The van der Waals surface area contributed by atoms with Gasteiger partial charge >= 0.3 is 0 Å². The van der Waals surface area contributed by atoms with Crippen molar-refractivity contribution in [2.45, 2.75) is 26.9 Å². The first-order valence-electron chi connectivity index (χ1n) is 7.90. The van der Waals surface area contributed by atoms with Crippen molar-refractivity contribution in [3.63, 3.8) is 0 Å². The van der Waals surface area contributed by atoms with Crippen molar-refractivity contribution >= 4 is 40.3 Å². The molecule has 5 heteroatoms. The average Bonchev–Trinajstić information content (AvgIpc) is 2.85. The highest BCUT2D eigenvalue weighted by molar-refractivity contribution is 6.35. The van der Waals surface area contributed by atoms with Gasteiger partial charge in [-0.15, -0.1) is 0 Å². The quantitative estimate of drug-likeness (QED) is 0.479. The highest BCUT2D eigenvalue weighted by Crippen LogP contribution is 2.25. The summed E-state index contributed by atoms with van der Waals surface area (Å²) in [6.45, 7) is 5.69. The van der Waals surface area contributed by atoms with Crippen molar-refractivity contribution in [2.75, 3.05) is 0 Å². The van der Waals surface area contributed by atoms with Crippen molar-refractivity contribution in [1.29, 1.82) is 0 Å². The van der Waals surface area contributed by atoms with E-state index >= 15 is 0 Å². The summed E-state index contributed by atoms with van der Waals surface area (Å²) >= 11 is 12.3. The van der Waals surface area contributed by atoms with E-state index in [-0.39, 0.29) is 0 Å². The lowest BCUT2D eigenvalue weighted by Crippen LogP contribution is -2.07. The maximum Gasteiger partial charge on any atom is 0.0609 e. The van der Waals surface area contributed by atoms with Crippen LogP contribution >= 0.6 is 23.2 Å². The Kier molecular flexibility index (Phi) is 5.12. The van der Waals surface area contributed by atoms with Crippen molar-refractivity contribution in [3.8, 4) is 0 Å². The second-order valence-corrected chi connectivity index (χ2v) is 6.37. The number of benzene rings is 2. The molecule has 1 heterocycles. The number of nitrogens with zero attached hydrogens (tertiary/aromatic N) is 2. The van der Waals surface area contributed by atoms with Gasteiger partial charge < -0.3 is 9.99 Å². The molecule has 24 heavy (non-hydrogen) atoms. The number of para-hydroxylation sites is 1. The van der Waals surface area contributed by atoms with Gasteiger partial charge in [0.05, 0.1) is 12.8 Å². The first kappa shape index (κ1) is 16.9. The van der Waals surface area contributed by atoms with Gasteiger partial charge in [0.1, 0.15) is 0 Å². The molecule has 0 saturated carbocycles. The van der Waals surface area contributed by atoms with Gasteiger partial charge in [0, 0.05) is 44.3 Å². The van der Waals surface area contributed by atoms with Crippen LogP contribution in [0, 0.1) is 6.92 Å². The third-order valence-corrected chi connectivity index (χ3v) is 4.91. The van der Waals surface area contributed by atoms with Gasteiger partial charge in [-0.25, -0.2) is 0 Å². The summed E-state index contributed by atoms with van der Waals surface area (Å²) in [5, 5.41) is 6.86. The van der Waals surface area contributed by atoms with E-state index in [0.717, 1.165) is 17.7 Å². The summed E-state index contributed by atoms with van der Waals surface area (Å²) in [7, 11) is 0. The summed E-state index contributed by atoms with van der Waals surface area (Å²) < 4.78 is 2.29. The van der Waals surface area contributed by atoms with E-state index in [1.54, 1.807) is 0 Å². The smallest absolute Gasteiger partial charge is 0.0609 e. The minimum absolute atomic E-state index is 0.487. The fourth-order valence-electron chi connectivity index (χ4n) is 2.96. The number of aromatic nitrogens is 1. The third-order valence-electron chi connectivity index (χ3n) is 4.20. The molecule has 0 radical (unpaired) electrons. The van der Waals surface area contributed by atoms with Crippen LogP contribution in [0.15, 0.2) is 47.6 Å². The van der Waals surface area contributed by atoms with Crippen LogP contribution in [0.3, 0.4) is 0 Å². The topological polar surface area (TPSA) is 29.3 Å². The molecule has 2 aromatic carbocycles. The molecule has 0 amide bonds. The van der Waals surface area contributed by atoms with Crippen LogP contribution in [0.5, 0.6) is 0 Å². The van der Waals surface area contributed by atoms with E-state index in [2.05, 4.69) is 53.2 Å². The molecule has 3 rings (SSSR count). The fourth-order valence-corrected chi connectivity index (χ4v) is 3.50. The summed E-state index contributed by atoms with van der Waals surface area (Å²) in [5.74, 6) is 0. The lowest BCUT2D eigenvalue weighted by atomic mass is 10.1. The van der Waals surface area contributed by atoms with Gasteiger partial charge in [-0.05, 0) is 32.0 Å². The predicted octanol–water partition coefficient (Wildman–Crippen LogP) is 5.40. The maximum atomic E-state index is 6.17. The molecule has 0 aliphatic carbocycles. The Morgan fingerprint density at radius 1 is 1.08 bits per heavy atom. The molecule has 3 aromatic rings. The minimum Gasteiger partial charge on any atom is -0.344 e. The number of hydrogen-bond donors (Lipinski definition) is 1. The number of hydrogen-bond acceptors (Lipinski definition) is 2. The number of aryl methyl sites for hydroxylation is 1. The van der Waals surface area contributed by atoms with E-state index in [0.29, 0.717) is 16.6 Å². The largest absolute Gasteiger partial charge is 0.344 e. The van der Waals surface area contributed by atoms with E-state index in [1.807, 2.05) is 24.4 Å². The molecule has 0 aliphatic rings. The monoisotopic (exact) mass is 359 g/mol. The molecule has 1 aromatic heterocycles. The van der Waals surface area contributed by atoms with Crippen molar-refractivity contribution in [1.82, 2.24) is 9.99 Å². The van der Waals surface area contributed by atoms with Gasteiger partial charge in [-0.1, -0.05) is 47.5 Å². The summed E-state index contributed by atoms with van der Waals surface area (Å²) in [6, 6.07) is 13.9. The number of nitrogens with one attached hydrogen (secondary N) is 1. The third kappa shape index (κ3) is 3.14. The lowest BCUT2D eigenvalue weighted by molar-refractivity contribution is 0.747.